The summed E-state index contributed by atoms with van der Waals surface area (Å²) in [5.74, 6) is -5.38. The summed E-state index contributed by atoms with van der Waals surface area (Å²) >= 11 is 0. The lowest BCUT2D eigenvalue weighted by Gasteiger charge is -2.33. The van der Waals surface area contributed by atoms with Gasteiger partial charge in [0.25, 0.3) is 18.4 Å². The summed E-state index contributed by atoms with van der Waals surface area (Å²) in [7, 11) is 1.18. The molecular weight excluding hydrogens is 436 g/mol. The summed E-state index contributed by atoms with van der Waals surface area (Å²) in [6, 6.07) is 3.48. The molecule has 2 aliphatic rings. The summed E-state index contributed by atoms with van der Waals surface area (Å²) in [6.45, 7) is 0. The Morgan fingerprint density at radius 2 is 2.06 bits per heavy atom. The highest BCUT2D eigenvalue weighted by atomic mass is 19.3. The molecular formula is C20H16F4N4O4. The fourth-order valence-corrected chi connectivity index (χ4v) is 3.71. The Bertz CT molecular complexity index is 1130. The van der Waals surface area contributed by atoms with E-state index in [9.17, 15) is 27.2 Å². The Kier molecular flexibility index (Phi) is 5.23. The topological polar surface area (TPSA) is 116 Å². The van der Waals surface area contributed by atoms with Crippen LogP contribution in [0.4, 0.5) is 23.2 Å². The predicted octanol–water partition coefficient (Wildman–Crippen LogP) is 2.59. The Hall–Kier alpha value is -3.70. The van der Waals surface area contributed by atoms with Crippen molar-refractivity contribution in [1.82, 2.24) is 4.98 Å². The number of pyridine rings is 1. The van der Waals surface area contributed by atoms with Gasteiger partial charge in [-0.05, 0) is 24.6 Å². The van der Waals surface area contributed by atoms with Crippen LogP contribution in [0.1, 0.15) is 32.8 Å². The van der Waals surface area contributed by atoms with Crippen LogP contribution in [0, 0.1) is 17.6 Å². The summed E-state index contributed by atoms with van der Waals surface area (Å²) in [5.41, 5.74) is 1.95. The third kappa shape index (κ3) is 3.51. The molecule has 12 heteroatoms. The van der Waals surface area contributed by atoms with Crippen molar-refractivity contribution in [3.63, 3.8) is 0 Å². The molecule has 2 heterocycles. The molecule has 1 aromatic carbocycles. The summed E-state index contributed by atoms with van der Waals surface area (Å²) in [6.07, 6.45) is -2.66. The average molecular weight is 452 g/mol. The number of nitrogens with two attached hydrogens (primary N) is 1. The van der Waals surface area contributed by atoms with Crippen LogP contribution < -0.4 is 11.1 Å². The summed E-state index contributed by atoms with van der Waals surface area (Å²) in [5, 5.41) is 2.28. The van der Waals surface area contributed by atoms with Crippen LogP contribution in [0.2, 0.25) is 0 Å². The third-order valence-corrected chi connectivity index (χ3v) is 5.33. The van der Waals surface area contributed by atoms with Gasteiger partial charge in [-0.2, -0.15) is 0 Å². The molecule has 4 rings (SSSR count). The molecule has 3 N–H and O–H groups in total. The molecule has 1 aliphatic carbocycles. The number of amides is 1. The molecule has 3 atom stereocenters. The standard InChI is InChI=1S/C20H16F4N4O4/c1-31-17(30)8-2-3-13(26-7-8)16(29)27-9-4-11(15(22)12(21)5-9)20(18(23)24)10-6-14(10)32-19(25)28-20/h2-5,7,10,14,18H,6H2,1H3,(H2,25,28)(H,27,29)/t10-,14+,20-/m1/s1. The summed E-state index contributed by atoms with van der Waals surface area (Å²) < 4.78 is 67.0. The third-order valence-electron chi connectivity index (χ3n) is 5.33. The number of carbonyl (C=O) groups excluding carboxylic acids is 2. The second-order valence-corrected chi connectivity index (χ2v) is 7.27. The number of nitrogens with one attached hydrogen (secondary N) is 1. The van der Waals surface area contributed by atoms with Gasteiger partial charge in [0.15, 0.2) is 17.2 Å². The lowest BCUT2D eigenvalue weighted by atomic mass is 9.84. The molecule has 1 fully saturated rings. The number of aliphatic imine (C=N–C) groups is 1. The first kappa shape index (κ1) is 21.5. The Morgan fingerprint density at radius 1 is 1.31 bits per heavy atom. The number of amidine groups is 1. The zero-order valence-electron chi connectivity index (χ0n) is 16.4. The zero-order valence-corrected chi connectivity index (χ0v) is 16.4. The van der Waals surface area contributed by atoms with Gasteiger partial charge < -0.3 is 20.5 Å². The molecule has 1 saturated carbocycles. The maximum Gasteiger partial charge on any atom is 0.339 e. The van der Waals surface area contributed by atoms with Gasteiger partial charge in [0, 0.05) is 29.4 Å². The first-order chi connectivity index (χ1) is 15.2. The van der Waals surface area contributed by atoms with Crippen molar-refractivity contribution in [2.45, 2.75) is 24.5 Å². The second-order valence-electron chi connectivity index (χ2n) is 7.27. The number of benzene rings is 1. The number of anilines is 1. The molecule has 32 heavy (non-hydrogen) atoms. The van der Waals surface area contributed by atoms with Crippen LogP contribution in [0.5, 0.6) is 0 Å². The molecule has 1 aromatic heterocycles. The average Bonchev–Trinajstić information content (AvgIpc) is 3.54. The van der Waals surface area contributed by atoms with E-state index < -0.39 is 59.1 Å². The fraction of sp³-hybridized carbons (Fsp3) is 0.300. The van der Waals surface area contributed by atoms with Crippen molar-refractivity contribution in [2.75, 3.05) is 12.4 Å². The first-order valence-corrected chi connectivity index (χ1v) is 9.32. The highest BCUT2D eigenvalue weighted by Gasteiger charge is 2.64. The van der Waals surface area contributed by atoms with Crippen molar-refractivity contribution in [1.29, 1.82) is 0 Å². The SMILES string of the molecule is COC(=O)c1ccc(C(=O)Nc2cc(F)c(F)c([C@]3(C(F)F)N=C(N)O[C@H]4C[C@H]43)c2)nc1. The van der Waals surface area contributed by atoms with E-state index in [0.29, 0.717) is 6.07 Å². The van der Waals surface area contributed by atoms with Crippen LogP contribution >= 0.6 is 0 Å². The van der Waals surface area contributed by atoms with Gasteiger partial charge >= 0.3 is 5.97 Å². The van der Waals surface area contributed by atoms with Gasteiger partial charge in [0.2, 0.25) is 0 Å². The normalized spacial score (nSPS) is 23.6. The smallest absolute Gasteiger partial charge is 0.339 e. The largest absolute Gasteiger partial charge is 0.465 e. The van der Waals surface area contributed by atoms with E-state index in [2.05, 4.69) is 20.0 Å². The fourth-order valence-electron chi connectivity index (χ4n) is 3.71. The van der Waals surface area contributed by atoms with Crippen molar-refractivity contribution in [2.24, 2.45) is 16.6 Å². The van der Waals surface area contributed by atoms with E-state index in [1.807, 2.05) is 0 Å². The number of rotatable bonds is 5. The van der Waals surface area contributed by atoms with Crippen molar-refractivity contribution in [3.05, 3.63) is 58.9 Å². The molecule has 2 aromatic rings. The van der Waals surface area contributed by atoms with E-state index in [0.717, 1.165) is 12.3 Å². The minimum Gasteiger partial charge on any atom is -0.465 e. The number of hydrogen-bond donors (Lipinski definition) is 2. The number of halogens is 4. The number of hydrogen-bond acceptors (Lipinski definition) is 7. The minimum atomic E-state index is -3.22. The molecule has 8 nitrogen and oxygen atoms in total. The number of ether oxygens (including phenoxy) is 2. The van der Waals surface area contributed by atoms with Crippen LogP contribution in [0.3, 0.4) is 0 Å². The van der Waals surface area contributed by atoms with Gasteiger partial charge in [0.05, 0.1) is 12.7 Å². The monoisotopic (exact) mass is 452 g/mol. The van der Waals surface area contributed by atoms with Crippen LogP contribution in [0.25, 0.3) is 0 Å². The predicted molar refractivity (Wildman–Crippen MR) is 102 cm³/mol. The van der Waals surface area contributed by atoms with Gasteiger partial charge in [-0.3, -0.25) is 9.78 Å². The molecule has 0 spiro atoms. The number of methoxy groups -OCH3 is 1. The van der Waals surface area contributed by atoms with Crippen molar-refractivity contribution in [3.8, 4) is 0 Å². The maximum absolute atomic E-state index is 14.7. The van der Waals surface area contributed by atoms with Crippen LogP contribution in [-0.2, 0) is 15.0 Å². The van der Waals surface area contributed by atoms with Gasteiger partial charge in [0.1, 0.15) is 11.8 Å². The van der Waals surface area contributed by atoms with Gasteiger partial charge in [-0.1, -0.05) is 0 Å². The molecule has 1 amide bonds. The van der Waals surface area contributed by atoms with E-state index >= 15 is 0 Å². The van der Waals surface area contributed by atoms with E-state index in [-0.39, 0.29) is 23.4 Å². The van der Waals surface area contributed by atoms with Gasteiger partial charge in [-0.25, -0.2) is 27.3 Å². The van der Waals surface area contributed by atoms with E-state index in [1.54, 1.807) is 0 Å². The Balaban J connectivity index is 1.68. The van der Waals surface area contributed by atoms with Gasteiger partial charge in [-0.15, -0.1) is 0 Å². The zero-order chi connectivity index (χ0) is 23.2. The second kappa shape index (κ2) is 7.77. The van der Waals surface area contributed by atoms with Crippen molar-refractivity contribution < 1.29 is 36.6 Å². The number of fused-ring (bicyclic) bond motifs is 1. The molecule has 1 aliphatic heterocycles. The highest BCUT2D eigenvalue weighted by Crippen LogP contribution is 2.56. The Labute approximate surface area is 178 Å². The molecule has 0 unspecified atom stereocenters. The number of alkyl halides is 2. The number of carbonyl (C=O) groups is 2. The number of esters is 1. The first-order valence-electron chi connectivity index (χ1n) is 9.32. The Morgan fingerprint density at radius 3 is 2.69 bits per heavy atom. The molecule has 0 saturated heterocycles. The number of nitrogens with zero attached hydrogens (tertiary/aromatic N) is 2. The lowest BCUT2D eigenvalue weighted by molar-refractivity contribution is 0.0173. The highest BCUT2D eigenvalue weighted by molar-refractivity contribution is 6.03. The minimum absolute atomic E-state index is 0.0898. The van der Waals surface area contributed by atoms with Crippen molar-refractivity contribution >= 4 is 23.6 Å². The molecule has 0 radical (unpaired) electrons. The molecule has 0 bridgehead atoms. The molecule has 168 valence electrons. The van der Waals surface area contributed by atoms with E-state index in [1.165, 1.54) is 19.2 Å². The summed E-state index contributed by atoms with van der Waals surface area (Å²) in [4.78, 5) is 31.4. The lowest BCUT2D eigenvalue weighted by Crippen LogP contribution is -2.43. The quantitative estimate of drug-likeness (QED) is 0.532. The maximum atomic E-state index is 14.7. The van der Waals surface area contributed by atoms with Crippen LogP contribution in [-0.4, -0.2) is 42.5 Å². The van der Waals surface area contributed by atoms with E-state index in [4.69, 9.17) is 10.5 Å². The number of aromatic nitrogens is 1. The van der Waals surface area contributed by atoms with Crippen LogP contribution in [0.15, 0.2) is 35.5 Å².